The summed E-state index contributed by atoms with van der Waals surface area (Å²) in [4.78, 5) is 12.6. The zero-order valence-electron chi connectivity index (χ0n) is 13.3. The van der Waals surface area contributed by atoms with Crippen LogP contribution in [0.1, 0.15) is 34.4 Å². The maximum Gasteiger partial charge on any atom is 0.287 e. The van der Waals surface area contributed by atoms with Gasteiger partial charge in [0.2, 0.25) is 0 Å². The van der Waals surface area contributed by atoms with Crippen LogP contribution in [0, 0.1) is 6.92 Å². The van der Waals surface area contributed by atoms with Crippen molar-refractivity contribution in [2.24, 2.45) is 0 Å². The van der Waals surface area contributed by atoms with Gasteiger partial charge >= 0.3 is 0 Å². The zero-order valence-corrected chi connectivity index (χ0v) is 15.7. The molecular weight excluding hydrogens is 392 g/mol. The number of hydrogen-bond acceptors (Lipinski definition) is 5. The van der Waals surface area contributed by atoms with Gasteiger partial charge in [-0.3, -0.25) is 9.20 Å². The molecule has 0 spiro atoms. The van der Waals surface area contributed by atoms with Gasteiger partial charge in [0.1, 0.15) is 0 Å². The molecule has 0 radical (unpaired) electrons. The van der Waals surface area contributed by atoms with Crippen LogP contribution in [0.5, 0.6) is 0 Å². The summed E-state index contributed by atoms with van der Waals surface area (Å²) in [5.41, 5.74) is 1.54. The zero-order chi connectivity index (χ0) is 17.1. The standard InChI is InChI=1S/C16H17BrN4O2S/c1-10-9-12(17)23-14(10)16(22)18-11(6-8-24-2)15-20-19-13-5-3-4-7-21(13)15/h3-5,7,9,11H,6,8H2,1-2H3,(H,18,22). The number of pyridine rings is 1. The Bertz CT molecular complexity index is 861. The van der Waals surface area contributed by atoms with E-state index >= 15 is 0 Å². The molecule has 3 aromatic rings. The SMILES string of the molecule is CSCCC(NC(=O)c1oc(Br)cc1C)c1nnc2ccccn12. The number of fused-ring (bicyclic) bond motifs is 1. The summed E-state index contributed by atoms with van der Waals surface area (Å²) in [6.45, 7) is 1.84. The normalized spacial score (nSPS) is 12.5. The molecule has 1 N–H and O–H groups in total. The van der Waals surface area contributed by atoms with E-state index in [1.165, 1.54) is 0 Å². The third-order valence-electron chi connectivity index (χ3n) is 3.66. The lowest BCUT2D eigenvalue weighted by molar-refractivity contribution is 0.0903. The first kappa shape index (κ1) is 17.0. The summed E-state index contributed by atoms with van der Waals surface area (Å²) in [6.07, 6.45) is 4.69. The minimum Gasteiger partial charge on any atom is -0.444 e. The predicted molar refractivity (Wildman–Crippen MR) is 97.3 cm³/mol. The van der Waals surface area contributed by atoms with Crippen LogP contribution in [0.4, 0.5) is 0 Å². The average molecular weight is 409 g/mol. The number of carbonyl (C=O) groups is 1. The first-order valence-corrected chi connectivity index (χ1v) is 9.64. The molecule has 0 aliphatic carbocycles. The Balaban J connectivity index is 1.89. The van der Waals surface area contributed by atoms with Gasteiger partial charge in [-0.1, -0.05) is 6.07 Å². The number of halogens is 1. The smallest absolute Gasteiger partial charge is 0.287 e. The lowest BCUT2D eigenvalue weighted by Crippen LogP contribution is -2.30. The molecule has 1 amide bonds. The van der Waals surface area contributed by atoms with E-state index in [2.05, 4.69) is 31.4 Å². The molecule has 3 rings (SSSR count). The molecule has 1 unspecified atom stereocenters. The van der Waals surface area contributed by atoms with Crippen LogP contribution in [0.25, 0.3) is 5.65 Å². The van der Waals surface area contributed by atoms with Gasteiger partial charge in [0.05, 0.1) is 6.04 Å². The molecule has 126 valence electrons. The topological polar surface area (TPSA) is 72.4 Å². The second-order valence-electron chi connectivity index (χ2n) is 5.36. The Kier molecular flexibility index (Phi) is 5.25. The van der Waals surface area contributed by atoms with Crippen LogP contribution in [-0.2, 0) is 0 Å². The molecular formula is C16H17BrN4O2S. The monoisotopic (exact) mass is 408 g/mol. The highest BCUT2D eigenvalue weighted by atomic mass is 79.9. The molecule has 0 aromatic carbocycles. The summed E-state index contributed by atoms with van der Waals surface area (Å²) in [7, 11) is 0. The second-order valence-corrected chi connectivity index (χ2v) is 7.12. The minimum absolute atomic E-state index is 0.245. The average Bonchev–Trinajstić information content (AvgIpc) is 3.14. The van der Waals surface area contributed by atoms with E-state index in [9.17, 15) is 4.79 Å². The molecule has 0 fully saturated rings. The summed E-state index contributed by atoms with van der Waals surface area (Å²) in [5.74, 6) is 1.67. The number of rotatable bonds is 6. The van der Waals surface area contributed by atoms with Crippen molar-refractivity contribution in [3.63, 3.8) is 0 Å². The van der Waals surface area contributed by atoms with Crippen LogP contribution in [0.15, 0.2) is 39.5 Å². The third-order valence-corrected chi connectivity index (χ3v) is 4.70. The number of nitrogens with one attached hydrogen (secondary N) is 1. The number of amides is 1. The first-order chi connectivity index (χ1) is 11.6. The van der Waals surface area contributed by atoms with E-state index in [0.717, 1.165) is 29.2 Å². The van der Waals surface area contributed by atoms with Gasteiger partial charge in [-0.25, -0.2) is 0 Å². The number of carbonyl (C=O) groups excluding carboxylic acids is 1. The van der Waals surface area contributed by atoms with E-state index in [4.69, 9.17) is 4.42 Å². The fourth-order valence-electron chi connectivity index (χ4n) is 2.49. The van der Waals surface area contributed by atoms with Crippen LogP contribution < -0.4 is 5.32 Å². The quantitative estimate of drug-likeness (QED) is 0.674. The number of hydrogen-bond donors (Lipinski definition) is 1. The molecule has 0 bridgehead atoms. The van der Waals surface area contributed by atoms with E-state index in [1.807, 2.05) is 42.0 Å². The fraction of sp³-hybridized carbons (Fsp3) is 0.312. The Morgan fingerprint density at radius 3 is 3.00 bits per heavy atom. The predicted octanol–water partition coefficient (Wildman–Crippen LogP) is 3.62. The summed E-state index contributed by atoms with van der Waals surface area (Å²) in [6, 6.07) is 7.25. The highest BCUT2D eigenvalue weighted by Crippen LogP contribution is 2.22. The third kappa shape index (κ3) is 3.49. The maximum atomic E-state index is 12.6. The number of furan rings is 1. The van der Waals surface area contributed by atoms with Gasteiger partial charge in [-0.05, 0) is 59.5 Å². The second kappa shape index (κ2) is 7.40. The molecule has 0 aliphatic heterocycles. The van der Waals surface area contributed by atoms with Crippen molar-refractivity contribution in [3.05, 3.63) is 52.3 Å². The van der Waals surface area contributed by atoms with Crippen molar-refractivity contribution in [2.75, 3.05) is 12.0 Å². The molecule has 0 saturated heterocycles. The Labute approximate surface area is 152 Å². The van der Waals surface area contributed by atoms with E-state index in [0.29, 0.717) is 10.4 Å². The highest BCUT2D eigenvalue weighted by molar-refractivity contribution is 9.10. The molecule has 1 atom stereocenters. The van der Waals surface area contributed by atoms with Crippen molar-refractivity contribution in [3.8, 4) is 0 Å². The van der Waals surface area contributed by atoms with Crippen molar-refractivity contribution in [1.82, 2.24) is 19.9 Å². The molecule has 0 saturated carbocycles. The van der Waals surface area contributed by atoms with Crippen molar-refractivity contribution < 1.29 is 9.21 Å². The molecule has 3 heterocycles. The first-order valence-electron chi connectivity index (χ1n) is 7.45. The highest BCUT2D eigenvalue weighted by Gasteiger charge is 2.23. The number of aromatic nitrogens is 3. The van der Waals surface area contributed by atoms with Crippen molar-refractivity contribution >= 4 is 39.2 Å². The van der Waals surface area contributed by atoms with Crippen molar-refractivity contribution in [1.29, 1.82) is 0 Å². The van der Waals surface area contributed by atoms with Gasteiger partial charge in [0.25, 0.3) is 5.91 Å². The molecule has 24 heavy (non-hydrogen) atoms. The fourth-order valence-corrected chi connectivity index (χ4v) is 3.47. The largest absolute Gasteiger partial charge is 0.444 e. The molecule has 0 aliphatic rings. The van der Waals surface area contributed by atoms with Crippen molar-refractivity contribution in [2.45, 2.75) is 19.4 Å². The molecule has 3 aromatic heterocycles. The number of nitrogens with zero attached hydrogens (tertiary/aromatic N) is 3. The van der Waals surface area contributed by atoms with Gasteiger partial charge in [-0.15, -0.1) is 10.2 Å². The van der Waals surface area contributed by atoms with Crippen LogP contribution in [0.2, 0.25) is 0 Å². The van der Waals surface area contributed by atoms with Crippen LogP contribution >= 0.6 is 27.7 Å². The van der Waals surface area contributed by atoms with Gasteiger partial charge in [0, 0.05) is 11.8 Å². The Hall–Kier alpha value is -1.80. The molecule has 6 nitrogen and oxygen atoms in total. The Morgan fingerprint density at radius 1 is 1.46 bits per heavy atom. The van der Waals surface area contributed by atoms with Crippen LogP contribution in [-0.4, -0.2) is 32.5 Å². The molecule has 8 heteroatoms. The summed E-state index contributed by atoms with van der Waals surface area (Å²) < 4.78 is 7.88. The number of aryl methyl sites for hydroxylation is 1. The van der Waals surface area contributed by atoms with E-state index in [1.54, 1.807) is 17.8 Å². The lowest BCUT2D eigenvalue weighted by Gasteiger charge is -2.16. The maximum absolute atomic E-state index is 12.6. The van der Waals surface area contributed by atoms with E-state index < -0.39 is 0 Å². The summed E-state index contributed by atoms with van der Waals surface area (Å²) >= 11 is 4.98. The lowest BCUT2D eigenvalue weighted by atomic mass is 10.2. The Morgan fingerprint density at radius 2 is 2.29 bits per heavy atom. The minimum atomic E-state index is -0.253. The van der Waals surface area contributed by atoms with Gasteiger partial charge < -0.3 is 9.73 Å². The van der Waals surface area contributed by atoms with Gasteiger partial charge in [-0.2, -0.15) is 11.8 Å². The summed E-state index contributed by atoms with van der Waals surface area (Å²) in [5, 5.41) is 11.5. The van der Waals surface area contributed by atoms with Crippen LogP contribution in [0.3, 0.4) is 0 Å². The number of thioether (sulfide) groups is 1. The van der Waals surface area contributed by atoms with E-state index in [-0.39, 0.29) is 11.9 Å². The van der Waals surface area contributed by atoms with Gasteiger partial charge in [0.15, 0.2) is 21.9 Å².